The highest BCUT2D eigenvalue weighted by Crippen LogP contribution is 2.16. The van der Waals surface area contributed by atoms with E-state index in [1.165, 1.54) is 0 Å². The van der Waals surface area contributed by atoms with E-state index in [4.69, 9.17) is 0 Å². The SMILES string of the molecule is Cc1cn2nc(N3CCN(c4ncccn4)CC3)ccc2n1. The summed E-state index contributed by atoms with van der Waals surface area (Å²) in [4.78, 5) is 17.5. The number of piperazine rings is 1. The van der Waals surface area contributed by atoms with E-state index in [9.17, 15) is 0 Å². The molecule has 3 aromatic heterocycles. The fourth-order valence-electron chi connectivity index (χ4n) is 2.75. The molecule has 0 spiro atoms. The van der Waals surface area contributed by atoms with Crippen molar-refractivity contribution in [3.8, 4) is 0 Å². The van der Waals surface area contributed by atoms with Crippen molar-refractivity contribution in [2.75, 3.05) is 36.0 Å². The van der Waals surface area contributed by atoms with E-state index < -0.39 is 0 Å². The molecule has 0 aromatic carbocycles. The molecule has 0 amide bonds. The molecule has 1 fully saturated rings. The first kappa shape index (κ1) is 13.0. The molecule has 0 bridgehead atoms. The fourth-order valence-corrected chi connectivity index (χ4v) is 2.75. The van der Waals surface area contributed by atoms with E-state index in [2.05, 4.69) is 29.9 Å². The van der Waals surface area contributed by atoms with Crippen LogP contribution in [0.25, 0.3) is 5.65 Å². The predicted molar refractivity (Wildman–Crippen MR) is 84.2 cm³/mol. The molecule has 1 aliphatic heterocycles. The van der Waals surface area contributed by atoms with Gasteiger partial charge in [0.1, 0.15) is 5.82 Å². The molecule has 22 heavy (non-hydrogen) atoms. The van der Waals surface area contributed by atoms with E-state index >= 15 is 0 Å². The smallest absolute Gasteiger partial charge is 0.225 e. The zero-order valence-corrected chi connectivity index (χ0v) is 12.4. The lowest BCUT2D eigenvalue weighted by molar-refractivity contribution is 0.629. The van der Waals surface area contributed by atoms with Crippen LogP contribution in [0.3, 0.4) is 0 Å². The number of anilines is 2. The Balaban J connectivity index is 1.50. The molecule has 0 N–H and O–H groups in total. The molecule has 0 aliphatic carbocycles. The zero-order chi connectivity index (χ0) is 14.9. The summed E-state index contributed by atoms with van der Waals surface area (Å²) < 4.78 is 1.84. The summed E-state index contributed by atoms with van der Waals surface area (Å²) in [6.07, 6.45) is 5.52. The van der Waals surface area contributed by atoms with Crippen LogP contribution in [-0.4, -0.2) is 50.7 Å². The Labute approximate surface area is 128 Å². The lowest BCUT2D eigenvalue weighted by atomic mass is 10.3. The fraction of sp³-hybridized carbons (Fsp3) is 0.333. The topological polar surface area (TPSA) is 62.5 Å². The molecule has 1 saturated heterocycles. The second kappa shape index (κ2) is 5.25. The standard InChI is InChI=1S/C15H17N7/c1-12-11-22-13(18-12)3-4-14(19-22)20-7-9-21(10-8-20)15-16-5-2-6-17-15/h2-6,11H,7-10H2,1H3. The molecular formula is C15H17N7. The lowest BCUT2D eigenvalue weighted by Crippen LogP contribution is -2.47. The highest BCUT2D eigenvalue weighted by Gasteiger charge is 2.20. The van der Waals surface area contributed by atoms with Crippen molar-refractivity contribution in [2.45, 2.75) is 6.92 Å². The lowest BCUT2D eigenvalue weighted by Gasteiger charge is -2.35. The first-order valence-electron chi connectivity index (χ1n) is 7.39. The van der Waals surface area contributed by atoms with Crippen LogP contribution in [0.2, 0.25) is 0 Å². The Bertz CT molecular complexity index is 775. The molecule has 7 heteroatoms. The van der Waals surface area contributed by atoms with Crippen LogP contribution in [0, 0.1) is 6.92 Å². The molecule has 112 valence electrons. The highest BCUT2D eigenvalue weighted by molar-refractivity contribution is 5.48. The Hall–Kier alpha value is -2.70. The van der Waals surface area contributed by atoms with Gasteiger partial charge >= 0.3 is 0 Å². The summed E-state index contributed by atoms with van der Waals surface area (Å²) in [6, 6.07) is 5.89. The Morgan fingerprint density at radius 2 is 1.68 bits per heavy atom. The highest BCUT2D eigenvalue weighted by atomic mass is 15.4. The van der Waals surface area contributed by atoms with Gasteiger partial charge in [0.25, 0.3) is 0 Å². The van der Waals surface area contributed by atoms with Crippen LogP contribution in [0.5, 0.6) is 0 Å². The first-order chi connectivity index (χ1) is 10.8. The summed E-state index contributed by atoms with van der Waals surface area (Å²) in [5.41, 5.74) is 1.87. The van der Waals surface area contributed by atoms with Gasteiger partial charge in [-0.2, -0.15) is 0 Å². The van der Waals surface area contributed by atoms with E-state index in [-0.39, 0.29) is 0 Å². The third-order valence-electron chi connectivity index (χ3n) is 3.87. The molecular weight excluding hydrogens is 278 g/mol. The number of rotatable bonds is 2. The largest absolute Gasteiger partial charge is 0.352 e. The number of aromatic nitrogens is 5. The Kier molecular flexibility index (Phi) is 3.10. The van der Waals surface area contributed by atoms with E-state index in [0.717, 1.165) is 49.3 Å². The molecule has 0 radical (unpaired) electrons. The molecule has 1 aliphatic rings. The minimum Gasteiger partial charge on any atom is -0.352 e. The molecule has 0 saturated carbocycles. The summed E-state index contributed by atoms with van der Waals surface area (Å²) in [5.74, 6) is 1.79. The second-order valence-corrected chi connectivity index (χ2v) is 5.40. The average Bonchev–Trinajstić information content (AvgIpc) is 2.95. The zero-order valence-electron chi connectivity index (χ0n) is 12.4. The van der Waals surface area contributed by atoms with Crippen LogP contribution in [0.4, 0.5) is 11.8 Å². The van der Waals surface area contributed by atoms with Gasteiger partial charge in [0.05, 0.1) is 11.9 Å². The van der Waals surface area contributed by atoms with Gasteiger partial charge in [-0.1, -0.05) is 0 Å². The molecule has 3 aromatic rings. The molecule has 4 rings (SSSR count). The van der Waals surface area contributed by atoms with Gasteiger partial charge in [-0.05, 0) is 25.1 Å². The van der Waals surface area contributed by atoms with Crippen molar-refractivity contribution in [2.24, 2.45) is 0 Å². The van der Waals surface area contributed by atoms with Gasteiger partial charge in [0.2, 0.25) is 5.95 Å². The van der Waals surface area contributed by atoms with Crippen molar-refractivity contribution >= 4 is 17.4 Å². The number of aryl methyl sites for hydroxylation is 1. The maximum absolute atomic E-state index is 4.65. The molecule has 7 nitrogen and oxygen atoms in total. The van der Waals surface area contributed by atoms with Crippen molar-refractivity contribution in [1.82, 2.24) is 24.6 Å². The van der Waals surface area contributed by atoms with Gasteiger partial charge in [0, 0.05) is 38.6 Å². The Morgan fingerprint density at radius 1 is 0.955 bits per heavy atom. The molecule has 0 atom stereocenters. The summed E-state index contributed by atoms with van der Waals surface area (Å²) in [7, 11) is 0. The van der Waals surface area contributed by atoms with Crippen molar-refractivity contribution in [1.29, 1.82) is 0 Å². The van der Waals surface area contributed by atoms with Crippen LogP contribution < -0.4 is 9.80 Å². The van der Waals surface area contributed by atoms with Gasteiger partial charge in [-0.25, -0.2) is 19.5 Å². The normalized spacial score (nSPS) is 15.5. The average molecular weight is 295 g/mol. The maximum Gasteiger partial charge on any atom is 0.225 e. The van der Waals surface area contributed by atoms with Crippen LogP contribution in [0.1, 0.15) is 5.69 Å². The van der Waals surface area contributed by atoms with Gasteiger partial charge in [-0.15, -0.1) is 5.10 Å². The molecule has 0 unspecified atom stereocenters. The summed E-state index contributed by atoms with van der Waals surface area (Å²) in [6.45, 7) is 5.58. The van der Waals surface area contributed by atoms with Crippen LogP contribution in [0.15, 0.2) is 36.8 Å². The van der Waals surface area contributed by atoms with Crippen LogP contribution in [-0.2, 0) is 0 Å². The monoisotopic (exact) mass is 295 g/mol. The van der Waals surface area contributed by atoms with Gasteiger partial charge in [-0.3, -0.25) is 0 Å². The number of nitrogens with zero attached hydrogens (tertiary/aromatic N) is 7. The number of hydrogen-bond acceptors (Lipinski definition) is 6. The van der Waals surface area contributed by atoms with Crippen LogP contribution >= 0.6 is 0 Å². The number of hydrogen-bond donors (Lipinski definition) is 0. The van der Waals surface area contributed by atoms with E-state index in [0.29, 0.717) is 0 Å². The summed E-state index contributed by atoms with van der Waals surface area (Å²) >= 11 is 0. The maximum atomic E-state index is 4.65. The van der Waals surface area contributed by atoms with E-state index in [1.807, 2.05) is 35.8 Å². The second-order valence-electron chi connectivity index (χ2n) is 5.40. The quantitative estimate of drug-likeness (QED) is 0.707. The molecule has 4 heterocycles. The van der Waals surface area contributed by atoms with Gasteiger partial charge < -0.3 is 9.80 Å². The third-order valence-corrected chi connectivity index (χ3v) is 3.87. The Morgan fingerprint density at radius 3 is 2.45 bits per heavy atom. The van der Waals surface area contributed by atoms with Crippen molar-refractivity contribution in [3.05, 3.63) is 42.5 Å². The minimum atomic E-state index is 0.802. The van der Waals surface area contributed by atoms with Gasteiger partial charge in [0.15, 0.2) is 5.65 Å². The third kappa shape index (κ3) is 2.34. The number of imidazole rings is 1. The minimum absolute atomic E-state index is 0.802. The predicted octanol–water partition coefficient (Wildman–Crippen LogP) is 1.15. The first-order valence-corrected chi connectivity index (χ1v) is 7.39. The van der Waals surface area contributed by atoms with Crippen molar-refractivity contribution in [3.63, 3.8) is 0 Å². The van der Waals surface area contributed by atoms with Crippen molar-refractivity contribution < 1.29 is 0 Å². The van der Waals surface area contributed by atoms with E-state index in [1.54, 1.807) is 12.4 Å². The number of fused-ring (bicyclic) bond motifs is 1. The summed E-state index contributed by atoms with van der Waals surface area (Å²) in [5, 5.41) is 4.65.